The number of halogens is 1. The zero-order valence-corrected chi connectivity index (χ0v) is 17.4. The van der Waals surface area contributed by atoms with Gasteiger partial charge in [0.05, 0.1) is 0 Å². The van der Waals surface area contributed by atoms with Crippen LogP contribution in [0.2, 0.25) is 0 Å². The standard InChI is InChI=1S/C19H25FN4O4S/c1-14-15-4-3-5-16(20)18(15)28-17(14)19(25)22-8-12-24(13-9-22)29(26,27)23-10-6-21(2)7-11-23/h3-5H,6-13H2,1-2H3. The summed E-state index contributed by atoms with van der Waals surface area (Å²) in [6.45, 7) is 5.09. The molecule has 0 aliphatic carbocycles. The Morgan fingerprint density at radius 2 is 1.59 bits per heavy atom. The van der Waals surface area contributed by atoms with Gasteiger partial charge in [0.2, 0.25) is 0 Å². The number of hydrogen-bond donors (Lipinski definition) is 0. The highest BCUT2D eigenvalue weighted by Crippen LogP contribution is 2.28. The van der Waals surface area contributed by atoms with Crippen molar-refractivity contribution < 1.29 is 22.0 Å². The Labute approximate surface area is 169 Å². The fourth-order valence-corrected chi connectivity index (χ4v) is 5.44. The molecule has 8 nitrogen and oxygen atoms in total. The predicted octanol–water partition coefficient (Wildman–Crippen LogP) is 1.13. The minimum Gasteiger partial charge on any atom is -0.448 e. The monoisotopic (exact) mass is 424 g/mol. The number of furan rings is 1. The molecule has 2 saturated heterocycles. The molecule has 1 aromatic heterocycles. The van der Waals surface area contributed by atoms with Crippen molar-refractivity contribution in [3.05, 3.63) is 35.3 Å². The lowest BCUT2D eigenvalue weighted by molar-refractivity contribution is 0.0661. The van der Waals surface area contributed by atoms with E-state index in [2.05, 4.69) is 4.90 Å². The predicted molar refractivity (Wildman–Crippen MR) is 106 cm³/mol. The summed E-state index contributed by atoms with van der Waals surface area (Å²) >= 11 is 0. The van der Waals surface area contributed by atoms with E-state index in [4.69, 9.17) is 4.42 Å². The van der Waals surface area contributed by atoms with Crippen LogP contribution in [0, 0.1) is 12.7 Å². The number of rotatable bonds is 3. The van der Waals surface area contributed by atoms with Gasteiger partial charge in [0.15, 0.2) is 17.2 Å². The van der Waals surface area contributed by atoms with Crippen LogP contribution in [0.5, 0.6) is 0 Å². The number of piperazine rings is 2. The molecule has 0 N–H and O–H groups in total. The third-order valence-corrected chi connectivity index (χ3v) is 7.79. The molecule has 2 aliphatic rings. The van der Waals surface area contributed by atoms with E-state index in [-0.39, 0.29) is 43.4 Å². The van der Waals surface area contributed by atoms with Gasteiger partial charge in [-0.2, -0.15) is 17.0 Å². The quantitative estimate of drug-likeness (QED) is 0.738. The Morgan fingerprint density at radius 3 is 2.17 bits per heavy atom. The highest BCUT2D eigenvalue weighted by atomic mass is 32.2. The number of para-hydroxylation sites is 1. The van der Waals surface area contributed by atoms with E-state index in [0.29, 0.717) is 37.1 Å². The van der Waals surface area contributed by atoms with Crippen molar-refractivity contribution in [1.82, 2.24) is 18.4 Å². The van der Waals surface area contributed by atoms with Gasteiger partial charge in [-0.1, -0.05) is 12.1 Å². The molecule has 1 aromatic carbocycles. The van der Waals surface area contributed by atoms with Gasteiger partial charge in [-0.3, -0.25) is 4.79 Å². The Kier molecular flexibility index (Phi) is 5.36. The van der Waals surface area contributed by atoms with Crippen LogP contribution < -0.4 is 0 Å². The average Bonchev–Trinajstić information content (AvgIpc) is 3.06. The first-order valence-electron chi connectivity index (χ1n) is 9.69. The van der Waals surface area contributed by atoms with Gasteiger partial charge in [-0.25, -0.2) is 4.39 Å². The molecule has 10 heteroatoms. The molecule has 2 aromatic rings. The Bertz CT molecular complexity index is 1020. The van der Waals surface area contributed by atoms with E-state index in [0.717, 1.165) is 0 Å². The number of benzene rings is 1. The third kappa shape index (κ3) is 3.65. The van der Waals surface area contributed by atoms with E-state index in [9.17, 15) is 17.6 Å². The first kappa shape index (κ1) is 20.3. The van der Waals surface area contributed by atoms with Crippen LogP contribution in [0.3, 0.4) is 0 Å². The Hall–Kier alpha value is -2.01. The highest BCUT2D eigenvalue weighted by Gasteiger charge is 2.35. The second kappa shape index (κ2) is 7.67. The van der Waals surface area contributed by atoms with E-state index < -0.39 is 16.0 Å². The SMILES string of the molecule is Cc1c(C(=O)N2CCN(S(=O)(=O)N3CCN(C)CC3)CC2)oc2c(F)cccc12. The molecule has 1 amide bonds. The van der Waals surface area contributed by atoms with Gasteiger partial charge in [0.25, 0.3) is 16.1 Å². The smallest absolute Gasteiger partial charge is 0.289 e. The fourth-order valence-electron chi connectivity index (χ4n) is 3.86. The molecule has 0 bridgehead atoms. The van der Waals surface area contributed by atoms with E-state index in [1.54, 1.807) is 24.0 Å². The Morgan fingerprint density at radius 1 is 1.00 bits per heavy atom. The number of carbonyl (C=O) groups is 1. The van der Waals surface area contributed by atoms with Crippen molar-refractivity contribution in [2.45, 2.75) is 6.92 Å². The molecule has 29 heavy (non-hydrogen) atoms. The Balaban J connectivity index is 1.45. The van der Waals surface area contributed by atoms with E-state index in [1.165, 1.54) is 14.7 Å². The molecule has 3 heterocycles. The number of nitrogens with zero attached hydrogens (tertiary/aromatic N) is 4. The topological polar surface area (TPSA) is 77.3 Å². The molecule has 2 fully saturated rings. The van der Waals surface area contributed by atoms with Crippen LogP contribution in [-0.2, 0) is 10.2 Å². The van der Waals surface area contributed by atoms with Crippen molar-refractivity contribution in [3.8, 4) is 0 Å². The van der Waals surface area contributed by atoms with Crippen LogP contribution >= 0.6 is 0 Å². The normalized spacial score (nSPS) is 20.4. The molecule has 158 valence electrons. The van der Waals surface area contributed by atoms with Gasteiger partial charge in [0, 0.05) is 63.3 Å². The average molecular weight is 424 g/mol. The number of carbonyl (C=O) groups excluding carboxylic acids is 1. The molecular formula is C19H25FN4O4S. The first-order valence-corrected chi connectivity index (χ1v) is 11.1. The summed E-state index contributed by atoms with van der Waals surface area (Å²) in [6, 6.07) is 4.59. The zero-order valence-electron chi connectivity index (χ0n) is 16.6. The molecular weight excluding hydrogens is 399 g/mol. The van der Waals surface area contributed by atoms with Gasteiger partial charge in [0.1, 0.15) is 0 Å². The van der Waals surface area contributed by atoms with Crippen molar-refractivity contribution in [2.24, 2.45) is 0 Å². The third-order valence-electron chi connectivity index (χ3n) is 5.75. The molecule has 0 atom stereocenters. The van der Waals surface area contributed by atoms with Crippen LogP contribution in [0.25, 0.3) is 11.0 Å². The minimum absolute atomic E-state index is 0.0737. The van der Waals surface area contributed by atoms with Gasteiger partial charge in [-0.05, 0) is 20.0 Å². The van der Waals surface area contributed by atoms with Crippen LogP contribution in [0.4, 0.5) is 4.39 Å². The summed E-state index contributed by atoms with van der Waals surface area (Å²) in [4.78, 5) is 16.6. The highest BCUT2D eigenvalue weighted by molar-refractivity contribution is 7.86. The van der Waals surface area contributed by atoms with E-state index in [1.807, 2.05) is 7.05 Å². The summed E-state index contributed by atoms with van der Waals surface area (Å²) in [7, 11) is -1.56. The van der Waals surface area contributed by atoms with Crippen LogP contribution in [0.15, 0.2) is 22.6 Å². The van der Waals surface area contributed by atoms with Gasteiger partial charge >= 0.3 is 0 Å². The van der Waals surface area contributed by atoms with Crippen molar-refractivity contribution in [2.75, 3.05) is 59.4 Å². The molecule has 0 unspecified atom stereocenters. The van der Waals surface area contributed by atoms with Gasteiger partial charge in [-0.15, -0.1) is 0 Å². The first-order chi connectivity index (χ1) is 13.8. The second-order valence-corrected chi connectivity index (χ2v) is 9.50. The van der Waals surface area contributed by atoms with Crippen molar-refractivity contribution in [3.63, 3.8) is 0 Å². The van der Waals surface area contributed by atoms with Crippen LogP contribution in [0.1, 0.15) is 16.1 Å². The van der Waals surface area contributed by atoms with Crippen LogP contribution in [-0.4, -0.2) is 92.1 Å². The lowest BCUT2D eigenvalue weighted by Gasteiger charge is -2.38. The number of fused-ring (bicyclic) bond motifs is 1. The summed E-state index contributed by atoms with van der Waals surface area (Å²) in [6.07, 6.45) is 0. The summed E-state index contributed by atoms with van der Waals surface area (Å²) in [5.41, 5.74) is 0.668. The maximum absolute atomic E-state index is 14.0. The fraction of sp³-hybridized carbons (Fsp3) is 0.526. The number of hydrogen-bond acceptors (Lipinski definition) is 5. The zero-order chi connectivity index (χ0) is 20.8. The summed E-state index contributed by atoms with van der Waals surface area (Å²) in [5, 5.41) is 0.574. The molecule has 2 aliphatic heterocycles. The van der Waals surface area contributed by atoms with E-state index >= 15 is 0 Å². The molecule has 4 rings (SSSR count). The van der Waals surface area contributed by atoms with Crippen molar-refractivity contribution >= 4 is 27.1 Å². The minimum atomic E-state index is -3.53. The number of aryl methyl sites for hydroxylation is 1. The lowest BCUT2D eigenvalue weighted by atomic mass is 10.1. The molecule has 0 spiro atoms. The van der Waals surface area contributed by atoms with Crippen molar-refractivity contribution in [1.29, 1.82) is 0 Å². The second-order valence-electron chi connectivity index (χ2n) is 7.57. The van der Waals surface area contributed by atoms with Gasteiger partial charge < -0.3 is 14.2 Å². The summed E-state index contributed by atoms with van der Waals surface area (Å²) in [5.74, 6) is -0.733. The lowest BCUT2D eigenvalue weighted by Crippen LogP contribution is -2.57. The number of likely N-dealkylation sites (N-methyl/N-ethyl adjacent to an activating group) is 1. The number of amides is 1. The molecule has 0 radical (unpaired) electrons. The maximum Gasteiger partial charge on any atom is 0.289 e. The molecule has 0 saturated carbocycles. The largest absolute Gasteiger partial charge is 0.448 e. The maximum atomic E-state index is 14.0. The summed E-state index contributed by atoms with van der Waals surface area (Å²) < 4.78 is 48.2.